The van der Waals surface area contributed by atoms with Gasteiger partial charge < -0.3 is 14.7 Å². The molecular formula is C12H14FNO3. The van der Waals surface area contributed by atoms with Crippen molar-refractivity contribution in [2.75, 3.05) is 31.7 Å². The molecule has 4 nitrogen and oxygen atoms in total. The van der Waals surface area contributed by atoms with Crippen LogP contribution in [-0.2, 0) is 4.74 Å². The van der Waals surface area contributed by atoms with Crippen LogP contribution < -0.4 is 4.90 Å². The van der Waals surface area contributed by atoms with Crippen molar-refractivity contribution in [1.82, 2.24) is 0 Å². The van der Waals surface area contributed by atoms with Gasteiger partial charge >= 0.3 is 5.97 Å². The summed E-state index contributed by atoms with van der Waals surface area (Å²) in [7, 11) is 1.22. The molecule has 0 amide bonds. The summed E-state index contributed by atoms with van der Waals surface area (Å²) in [5, 5.41) is 8.89. The lowest BCUT2D eigenvalue weighted by Crippen LogP contribution is -2.48. The Balaban J connectivity index is 2.12. The number of carbonyl (C=O) groups excluding carboxylic acids is 1. The van der Waals surface area contributed by atoms with Crippen LogP contribution >= 0.6 is 0 Å². The van der Waals surface area contributed by atoms with Crippen LogP contribution in [0.5, 0.6) is 0 Å². The molecule has 2 rings (SSSR count). The molecule has 1 aliphatic heterocycles. The van der Waals surface area contributed by atoms with Gasteiger partial charge in [-0.05, 0) is 18.2 Å². The third-order valence-corrected chi connectivity index (χ3v) is 2.94. The largest absolute Gasteiger partial charge is 0.465 e. The Morgan fingerprint density at radius 2 is 2.29 bits per heavy atom. The second-order valence-electron chi connectivity index (χ2n) is 4.11. The highest BCUT2D eigenvalue weighted by atomic mass is 19.1. The smallest absolute Gasteiger partial charge is 0.340 e. The predicted molar refractivity (Wildman–Crippen MR) is 60.5 cm³/mol. The van der Waals surface area contributed by atoms with E-state index in [1.165, 1.54) is 19.2 Å². The minimum Gasteiger partial charge on any atom is -0.465 e. The second-order valence-corrected chi connectivity index (χ2v) is 4.11. The minimum atomic E-state index is -0.675. The second kappa shape index (κ2) is 4.71. The lowest BCUT2D eigenvalue weighted by Gasteiger charge is -2.40. The van der Waals surface area contributed by atoms with Crippen molar-refractivity contribution in [3.8, 4) is 0 Å². The van der Waals surface area contributed by atoms with Crippen LogP contribution in [0.1, 0.15) is 10.4 Å². The SMILES string of the molecule is COC(=O)c1ccc(N2CC(CO)C2)cc1F. The number of anilines is 1. The van der Waals surface area contributed by atoms with Crippen LogP contribution in [0.3, 0.4) is 0 Å². The van der Waals surface area contributed by atoms with Gasteiger partial charge in [0.1, 0.15) is 5.82 Å². The number of aliphatic hydroxyl groups is 1. The summed E-state index contributed by atoms with van der Waals surface area (Å²) in [4.78, 5) is 13.1. The topological polar surface area (TPSA) is 49.8 Å². The number of benzene rings is 1. The summed E-state index contributed by atoms with van der Waals surface area (Å²) < 4.78 is 18.1. The summed E-state index contributed by atoms with van der Waals surface area (Å²) >= 11 is 0. The summed E-state index contributed by atoms with van der Waals surface area (Å²) in [5.74, 6) is -0.994. The normalized spacial score (nSPS) is 15.6. The van der Waals surface area contributed by atoms with Gasteiger partial charge in [-0.2, -0.15) is 0 Å². The van der Waals surface area contributed by atoms with Crippen molar-refractivity contribution < 1.29 is 19.0 Å². The van der Waals surface area contributed by atoms with E-state index in [4.69, 9.17) is 5.11 Å². The zero-order chi connectivity index (χ0) is 12.4. The number of nitrogens with zero attached hydrogens (tertiary/aromatic N) is 1. The molecule has 1 aliphatic rings. The van der Waals surface area contributed by atoms with Gasteiger partial charge in [0.2, 0.25) is 0 Å². The first-order valence-corrected chi connectivity index (χ1v) is 5.39. The molecule has 5 heteroatoms. The number of esters is 1. The average Bonchev–Trinajstić information content (AvgIpc) is 2.27. The molecule has 1 fully saturated rings. The van der Waals surface area contributed by atoms with Crippen LogP contribution in [-0.4, -0.2) is 37.9 Å². The number of methoxy groups -OCH3 is 1. The van der Waals surface area contributed by atoms with Crippen molar-refractivity contribution >= 4 is 11.7 Å². The molecule has 0 aromatic heterocycles. The number of halogens is 1. The fourth-order valence-electron chi connectivity index (χ4n) is 1.87. The van der Waals surface area contributed by atoms with Gasteiger partial charge in [-0.25, -0.2) is 9.18 Å². The molecule has 0 radical (unpaired) electrons. The lowest BCUT2D eigenvalue weighted by molar-refractivity contribution is 0.0595. The first-order valence-electron chi connectivity index (χ1n) is 5.39. The standard InChI is InChI=1S/C12H14FNO3/c1-17-12(16)10-3-2-9(4-11(10)13)14-5-8(6-14)7-15/h2-4,8,15H,5-7H2,1H3. The molecular weight excluding hydrogens is 225 g/mol. The van der Waals surface area contributed by atoms with Crippen LogP contribution in [0.4, 0.5) is 10.1 Å². The van der Waals surface area contributed by atoms with E-state index >= 15 is 0 Å². The molecule has 17 heavy (non-hydrogen) atoms. The Bertz CT molecular complexity index is 430. The summed E-state index contributed by atoms with van der Waals surface area (Å²) in [6.45, 7) is 1.58. The first-order chi connectivity index (χ1) is 8.15. The zero-order valence-corrected chi connectivity index (χ0v) is 9.52. The van der Waals surface area contributed by atoms with Crippen LogP contribution in [0.15, 0.2) is 18.2 Å². The Labute approximate surface area is 98.6 Å². The molecule has 92 valence electrons. The molecule has 1 heterocycles. The molecule has 1 saturated heterocycles. The Morgan fingerprint density at radius 1 is 1.59 bits per heavy atom. The molecule has 0 atom stereocenters. The highest BCUT2D eigenvalue weighted by molar-refractivity contribution is 5.90. The van der Waals surface area contributed by atoms with Gasteiger partial charge in [-0.3, -0.25) is 0 Å². The van der Waals surface area contributed by atoms with E-state index in [0.29, 0.717) is 13.1 Å². The highest BCUT2D eigenvalue weighted by Crippen LogP contribution is 2.26. The number of rotatable bonds is 3. The van der Waals surface area contributed by atoms with Gasteiger partial charge in [0.25, 0.3) is 0 Å². The minimum absolute atomic E-state index is 0.0597. The van der Waals surface area contributed by atoms with E-state index in [0.717, 1.165) is 5.69 Å². The van der Waals surface area contributed by atoms with Crippen molar-refractivity contribution in [1.29, 1.82) is 0 Å². The summed E-state index contributed by atoms with van der Waals surface area (Å²) in [6, 6.07) is 4.42. The molecule has 0 unspecified atom stereocenters. The third kappa shape index (κ3) is 2.24. The highest BCUT2D eigenvalue weighted by Gasteiger charge is 2.26. The van der Waals surface area contributed by atoms with Crippen LogP contribution in [0, 0.1) is 11.7 Å². The number of ether oxygens (including phenoxy) is 1. The van der Waals surface area contributed by atoms with Gasteiger partial charge in [0.15, 0.2) is 0 Å². The van der Waals surface area contributed by atoms with Crippen molar-refractivity contribution in [2.24, 2.45) is 5.92 Å². The molecule has 1 aromatic carbocycles. The molecule has 1 aromatic rings. The lowest BCUT2D eigenvalue weighted by atomic mass is 10.00. The molecule has 0 bridgehead atoms. The van der Waals surface area contributed by atoms with Crippen LogP contribution in [0.2, 0.25) is 0 Å². The van der Waals surface area contributed by atoms with Crippen molar-refractivity contribution in [3.05, 3.63) is 29.6 Å². The average molecular weight is 239 g/mol. The van der Waals surface area contributed by atoms with E-state index in [1.54, 1.807) is 6.07 Å². The van der Waals surface area contributed by atoms with E-state index < -0.39 is 11.8 Å². The molecule has 0 aliphatic carbocycles. The van der Waals surface area contributed by atoms with Crippen molar-refractivity contribution in [3.63, 3.8) is 0 Å². The third-order valence-electron chi connectivity index (χ3n) is 2.94. The predicted octanol–water partition coefficient (Wildman–Crippen LogP) is 1.04. The Hall–Kier alpha value is -1.62. The maximum absolute atomic E-state index is 13.6. The maximum atomic E-state index is 13.6. The van der Waals surface area contributed by atoms with Crippen LogP contribution in [0.25, 0.3) is 0 Å². The number of hydrogen-bond donors (Lipinski definition) is 1. The fourth-order valence-corrected chi connectivity index (χ4v) is 1.87. The summed E-state index contributed by atoms with van der Waals surface area (Å²) in [5.41, 5.74) is 0.662. The Kier molecular flexibility index (Phi) is 3.28. The van der Waals surface area contributed by atoms with E-state index in [1.807, 2.05) is 4.90 Å². The molecule has 0 saturated carbocycles. The molecule has 0 spiro atoms. The maximum Gasteiger partial charge on any atom is 0.340 e. The number of hydrogen-bond acceptors (Lipinski definition) is 4. The Morgan fingerprint density at radius 3 is 2.82 bits per heavy atom. The zero-order valence-electron chi connectivity index (χ0n) is 9.52. The quantitative estimate of drug-likeness (QED) is 0.801. The fraction of sp³-hybridized carbons (Fsp3) is 0.417. The van der Waals surface area contributed by atoms with E-state index in [9.17, 15) is 9.18 Å². The summed E-state index contributed by atoms with van der Waals surface area (Å²) in [6.07, 6.45) is 0. The van der Waals surface area contributed by atoms with E-state index in [2.05, 4.69) is 4.74 Å². The molecule has 1 N–H and O–H groups in total. The number of carbonyl (C=O) groups is 1. The van der Waals surface area contributed by atoms with Gasteiger partial charge in [0, 0.05) is 31.3 Å². The van der Waals surface area contributed by atoms with Gasteiger partial charge in [0.05, 0.1) is 12.7 Å². The van der Waals surface area contributed by atoms with Gasteiger partial charge in [-0.1, -0.05) is 0 Å². The van der Waals surface area contributed by atoms with Gasteiger partial charge in [-0.15, -0.1) is 0 Å². The van der Waals surface area contributed by atoms with Crippen molar-refractivity contribution in [2.45, 2.75) is 0 Å². The van der Waals surface area contributed by atoms with E-state index in [-0.39, 0.29) is 18.1 Å². The monoisotopic (exact) mass is 239 g/mol. The number of aliphatic hydroxyl groups excluding tert-OH is 1. The first kappa shape index (κ1) is 11.9.